The topological polar surface area (TPSA) is 38.3 Å². The Balaban J connectivity index is 2.17. The van der Waals surface area contributed by atoms with E-state index in [4.69, 9.17) is 0 Å². The third-order valence-corrected chi connectivity index (χ3v) is 3.94. The summed E-state index contributed by atoms with van der Waals surface area (Å²) in [5.74, 6) is -1.74. The first-order chi connectivity index (χ1) is 9.55. The average molecular weight is 283 g/mol. The van der Waals surface area contributed by atoms with Crippen molar-refractivity contribution >= 4 is 11.7 Å². The van der Waals surface area contributed by atoms with Crippen molar-refractivity contribution in [3.05, 3.63) is 29.3 Å². The van der Waals surface area contributed by atoms with E-state index in [2.05, 4.69) is 17.0 Å². The number of hydrogen-bond donors (Lipinski definition) is 1. The standard InChI is InChI=1S/C15H19F2NO2/c1-3-9-4-5-10(6-9)18-14-7-11(15(19)20-2)12(16)8-13(14)17/h7-10,18H,3-6H2,1-2H3. The predicted molar refractivity (Wildman–Crippen MR) is 72.7 cm³/mol. The third kappa shape index (κ3) is 3.08. The number of rotatable bonds is 4. The number of esters is 1. The molecule has 1 fully saturated rings. The fourth-order valence-corrected chi connectivity index (χ4v) is 2.72. The molecule has 0 aromatic heterocycles. The molecule has 1 aliphatic carbocycles. The Bertz CT molecular complexity index is 505. The van der Waals surface area contributed by atoms with Crippen LogP contribution in [-0.4, -0.2) is 19.1 Å². The molecular weight excluding hydrogens is 264 g/mol. The molecule has 1 N–H and O–H groups in total. The highest BCUT2D eigenvalue weighted by Crippen LogP contribution is 2.31. The molecule has 1 saturated carbocycles. The van der Waals surface area contributed by atoms with Crippen molar-refractivity contribution in [3.63, 3.8) is 0 Å². The second kappa shape index (κ2) is 6.20. The molecule has 2 atom stereocenters. The Morgan fingerprint density at radius 2 is 2.10 bits per heavy atom. The van der Waals surface area contributed by atoms with Gasteiger partial charge < -0.3 is 10.1 Å². The highest BCUT2D eigenvalue weighted by molar-refractivity contribution is 5.90. The molecule has 5 heteroatoms. The fraction of sp³-hybridized carbons (Fsp3) is 0.533. The molecule has 0 spiro atoms. The van der Waals surface area contributed by atoms with Crippen LogP contribution in [0.1, 0.15) is 43.0 Å². The van der Waals surface area contributed by atoms with E-state index >= 15 is 0 Å². The number of carbonyl (C=O) groups is 1. The number of benzene rings is 1. The largest absolute Gasteiger partial charge is 0.465 e. The van der Waals surface area contributed by atoms with E-state index in [-0.39, 0.29) is 17.3 Å². The van der Waals surface area contributed by atoms with E-state index in [0.29, 0.717) is 5.92 Å². The molecule has 110 valence electrons. The van der Waals surface area contributed by atoms with Gasteiger partial charge in [0.15, 0.2) is 0 Å². The van der Waals surface area contributed by atoms with Crippen LogP contribution in [0.3, 0.4) is 0 Å². The summed E-state index contributed by atoms with van der Waals surface area (Å²) in [4.78, 5) is 11.4. The number of methoxy groups -OCH3 is 1. The SMILES string of the molecule is CCC1CCC(Nc2cc(C(=O)OC)c(F)cc2F)C1. The predicted octanol–water partition coefficient (Wildman–Crippen LogP) is 3.74. The molecule has 0 aliphatic heterocycles. The van der Waals surface area contributed by atoms with Crippen LogP contribution >= 0.6 is 0 Å². The second-order valence-electron chi connectivity index (χ2n) is 5.23. The molecule has 1 aliphatic rings. The molecular formula is C15H19F2NO2. The minimum absolute atomic E-state index is 0.161. The van der Waals surface area contributed by atoms with E-state index in [1.807, 2.05) is 0 Å². The molecule has 3 nitrogen and oxygen atoms in total. The Kier molecular flexibility index (Phi) is 4.57. The summed E-state index contributed by atoms with van der Waals surface area (Å²) in [6, 6.07) is 2.08. The maximum Gasteiger partial charge on any atom is 0.340 e. The zero-order chi connectivity index (χ0) is 14.7. The van der Waals surface area contributed by atoms with Gasteiger partial charge in [0, 0.05) is 12.1 Å². The number of carbonyl (C=O) groups excluding carboxylic acids is 1. The van der Waals surface area contributed by atoms with Gasteiger partial charge in [-0.05, 0) is 31.2 Å². The molecule has 0 saturated heterocycles. The Labute approximate surface area is 117 Å². The third-order valence-electron chi connectivity index (χ3n) is 3.94. The van der Waals surface area contributed by atoms with Gasteiger partial charge in [0.05, 0.1) is 18.4 Å². The molecule has 0 heterocycles. The normalized spacial score (nSPS) is 21.8. The molecule has 2 rings (SSSR count). The van der Waals surface area contributed by atoms with E-state index in [1.54, 1.807) is 0 Å². The monoisotopic (exact) mass is 283 g/mol. The van der Waals surface area contributed by atoms with E-state index < -0.39 is 17.6 Å². The van der Waals surface area contributed by atoms with Crippen molar-refractivity contribution in [3.8, 4) is 0 Å². The molecule has 0 bridgehead atoms. The van der Waals surface area contributed by atoms with Gasteiger partial charge >= 0.3 is 5.97 Å². The lowest BCUT2D eigenvalue weighted by Crippen LogP contribution is -2.17. The number of hydrogen-bond acceptors (Lipinski definition) is 3. The number of anilines is 1. The maximum atomic E-state index is 13.8. The van der Waals surface area contributed by atoms with E-state index in [1.165, 1.54) is 13.2 Å². The summed E-state index contributed by atoms with van der Waals surface area (Å²) in [6.07, 6.45) is 4.15. The lowest BCUT2D eigenvalue weighted by Gasteiger charge is -2.16. The quantitative estimate of drug-likeness (QED) is 0.855. The first kappa shape index (κ1) is 14.8. The van der Waals surface area contributed by atoms with Crippen LogP contribution in [0.2, 0.25) is 0 Å². The summed E-state index contributed by atoms with van der Waals surface area (Å²) in [5, 5.41) is 3.07. The summed E-state index contributed by atoms with van der Waals surface area (Å²) in [6.45, 7) is 2.14. The second-order valence-corrected chi connectivity index (χ2v) is 5.23. The van der Waals surface area contributed by atoms with Crippen LogP contribution < -0.4 is 5.32 Å². The molecule has 0 radical (unpaired) electrons. The number of nitrogens with one attached hydrogen (secondary N) is 1. The molecule has 20 heavy (non-hydrogen) atoms. The van der Waals surface area contributed by atoms with Gasteiger partial charge in [0.1, 0.15) is 11.6 Å². The molecule has 1 aromatic rings. The van der Waals surface area contributed by atoms with Gasteiger partial charge in [-0.15, -0.1) is 0 Å². The van der Waals surface area contributed by atoms with E-state index in [9.17, 15) is 13.6 Å². The van der Waals surface area contributed by atoms with Crippen LogP contribution in [0.25, 0.3) is 0 Å². The highest BCUT2D eigenvalue weighted by Gasteiger charge is 2.25. The van der Waals surface area contributed by atoms with Crippen molar-refractivity contribution in [2.45, 2.75) is 38.6 Å². The zero-order valence-corrected chi connectivity index (χ0v) is 11.7. The van der Waals surface area contributed by atoms with Crippen molar-refractivity contribution in [1.82, 2.24) is 0 Å². The molecule has 0 amide bonds. The van der Waals surface area contributed by atoms with Crippen LogP contribution in [0.15, 0.2) is 12.1 Å². The molecule has 2 unspecified atom stereocenters. The Morgan fingerprint density at radius 3 is 2.70 bits per heavy atom. The highest BCUT2D eigenvalue weighted by atomic mass is 19.1. The number of halogens is 2. The summed E-state index contributed by atoms with van der Waals surface area (Å²) >= 11 is 0. The summed E-state index contributed by atoms with van der Waals surface area (Å²) in [5.41, 5.74) is -0.0880. The van der Waals surface area contributed by atoms with Gasteiger partial charge in [0.25, 0.3) is 0 Å². The van der Waals surface area contributed by atoms with Gasteiger partial charge in [-0.3, -0.25) is 0 Å². The lowest BCUT2D eigenvalue weighted by atomic mass is 10.1. The van der Waals surface area contributed by atoms with Crippen LogP contribution in [0.4, 0.5) is 14.5 Å². The van der Waals surface area contributed by atoms with Gasteiger partial charge in [-0.2, -0.15) is 0 Å². The Hall–Kier alpha value is -1.65. The average Bonchev–Trinajstić information content (AvgIpc) is 2.88. The summed E-state index contributed by atoms with van der Waals surface area (Å²) < 4.78 is 31.8. The van der Waals surface area contributed by atoms with Crippen molar-refractivity contribution in [1.29, 1.82) is 0 Å². The van der Waals surface area contributed by atoms with Crippen molar-refractivity contribution in [2.24, 2.45) is 5.92 Å². The lowest BCUT2D eigenvalue weighted by molar-refractivity contribution is 0.0595. The minimum atomic E-state index is -0.905. The number of ether oxygens (including phenoxy) is 1. The minimum Gasteiger partial charge on any atom is -0.465 e. The first-order valence-corrected chi connectivity index (χ1v) is 6.89. The zero-order valence-electron chi connectivity index (χ0n) is 11.7. The van der Waals surface area contributed by atoms with Gasteiger partial charge in [-0.1, -0.05) is 13.3 Å². The molecule has 1 aromatic carbocycles. The smallest absolute Gasteiger partial charge is 0.340 e. The van der Waals surface area contributed by atoms with Gasteiger partial charge in [-0.25, -0.2) is 13.6 Å². The summed E-state index contributed by atoms with van der Waals surface area (Å²) in [7, 11) is 1.17. The van der Waals surface area contributed by atoms with E-state index in [0.717, 1.165) is 31.7 Å². The Morgan fingerprint density at radius 1 is 1.35 bits per heavy atom. The van der Waals surface area contributed by atoms with Crippen LogP contribution in [0, 0.1) is 17.6 Å². The van der Waals surface area contributed by atoms with Crippen molar-refractivity contribution in [2.75, 3.05) is 12.4 Å². The first-order valence-electron chi connectivity index (χ1n) is 6.89. The van der Waals surface area contributed by atoms with Crippen molar-refractivity contribution < 1.29 is 18.3 Å². The maximum absolute atomic E-state index is 13.8. The van der Waals surface area contributed by atoms with Crippen LogP contribution in [-0.2, 0) is 4.74 Å². The fourth-order valence-electron chi connectivity index (χ4n) is 2.72. The van der Waals surface area contributed by atoms with Crippen LogP contribution in [0.5, 0.6) is 0 Å². The van der Waals surface area contributed by atoms with Gasteiger partial charge in [0.2, 0.25) is 0 Å².